The minimum Gasteiger partial charge on any atom is -0.467 e. The summed E-state index contributed by atoms with van der Waals surface area (Å²) in [5.74, 6) is 0.0366. The smallest absolute Gasteiger partial charge is 0.330 e. The Balaban J connectivity index is 2.92. The van der Waals surface area contributed by atoms with Crippen molar-refractivity contribution in [2.45, 2.75) is 20.0 Å². The Bertz CT molecular complexity index is 381. The lowest BCUT2D eigenvalue weighted by Crippen LogP contribution is -2.19. The van der Waals surface area contributed by atoms with Gasteiger partial charge in [-0.1, -0.05) is 0 Å². The fourth-order valence-electron chi connectivity index (χ4n) is 1.21. The highest BCUT2D eigenvalue weighted by Gasteiger charge is 2.18. The third kappa shape index (κ3) is 3.16. The monoisotopic (exact) mass is 226 g/mol. The van der Waals surface area contributed by atoms with Crippen molar-refractivity contribution in [3.63, 3.8) is 0 Å². The Morgan fingerprint density at radius 2 is 2.25 bits per heavy atom. The van der Waals surface area contributed by atoms with Crippen molar-refractivity contribution < 1.29 is 14.4 Å². The normalized spacial score (nSPS) is 12.2. The van der Waals surface area contributed by atoms with Gasteiger partial charge in [0, 0.05) is 18.9 Å². The van der Waals surface area contributed by atoms with Crippen molar-refractivity contribution in [3.05, 3.63) is 27.9 Å². The van der Waals surface area contributed by atoms with Gasteiger partial charge in [-0.15, -0.1) is 0 Å². The molecule has 0 aliphatic heterocycles. The molecule has 1 atom stereocenters. The highest BCUT2D eigenvalue weighted by atomic mass is 16.6. The van der Waals surface area contributed by atoms with Crippen LogP contribution in [0.1, 0.15) is 12.6 Å². The molecule has 0 aromatic carbocycles. The molecule has 1 rings (SSSR count). The first kappa shape index (κ1) is 12.4. The maximum atomic E-state index is 10.7. The highest BCUT2D eigenvalue weighted by Crippen LogP contribution is 2.25. The number of hydrogen-bond donors (Lipinski definition) is 0. The second kappa shape index (κ2) is 5.41. The van der Waals surface area contributed by atoms with E-state index in [1.807, 2.05) is 0 Å². The van der Waals surface area contributed by atoms with Crippen LogP contribution >= 0.6 is 0 Å². The van der Waals surface area contributed by atoms with Gasteiger partial charge in [0.2, 0.25) is 0 Å². The molecule has 0 aliphatic carbocycles. The van der Waals surface area contributed by atoms with Crippen LogP contribution in [0.15, 0.2) is 12.1 Å². The van der Waals surface area contributed by atoms with Crippen LogP contribution in [-0.4, -0.2) is 29.7 Å². The minimum absolute atomic E-state index is 0.0366. The lowest BCUT2D eigenvalue weighted by atomic mass is 10.3. The number of aromatic nitrogens is 1. The Labute approximate surface area is 93.4 Å². The summed E-state index contributed by atoms with van der Waals surface area (Å²) in [4.78, 5) is 14.2. The lowest BCUT2D eigenvalue weighted by molar-refractivity contribution is -0.386. The third-order valence-electron chi connectivity index (χ3n) is 1.89. The molecular formula is C10H14N2O4. The summed E-state index contributed by atoms with van der Waals surface area (Å²) in [6, 6.07) is 2.96. The van der Waals surface area contributed by atoms with Gasteiger partial charge in [0.15, 0.2) is 0 Å². The van der Waals surface area contributed by atoms with E-state index in [0.717, 1.165) is 0 Å². The standard InChI is InChI=1S/C10H14N2O4/c1-7-4-5-9(12(13)14)10(11-7)16-8(2)6-15-3/h4-5,8H,6H2,1-3H3/t8-/m0/s1. The molecule has 88 valence electrons. The first-order valence-corrected chi connectivity index (χ1v) is 4.82. The van der Waals surface area contributed by atoms with Crippen molar-refractivity contribution >= 4 is 5.69 Å². The predicted molar refractivity (Wildman–Crippen MR) is 57.6 cm³/mol. The topological polar surface area (TPSA) is 74.5 Å². The highest BCUT2D eigenvalue weighted by molar-refractivity contribution is 5.41. The van der Waals surface area contributed by atoms with E-state index in [1.165, 1.54) is 13.2 Å². The molecule has 0 saturated heterocycles. The SMILES string of the molecule is COC[C@H](C)Oc1nc(C)ccc1[N+](=O)[O-]. The Kier molecular flexibility index (Phi) is 4.19. The zero-order valence-electron chi connectivity index (χ0n) is 9.47. The molecule has 6 nitrogen and oxygen atoms in total. The summed E-state index contributed by atoms with van der Waals surface area (Å²) in [7, 11) is 1.54. The largest absolute Gasteiger partial charge is 0.467 e. The maximum Gasteiger partial charge on any atom is 0.330 e. The van der Waals surface area contributed by atoms with Gasteiger partial charge in [-0.2, -0.15) is 0 Å². The number of ether oxygens (including phenoxy) is 2. The van der Waals surface area contributed by atoms with E-state index in [0.29, 0.717) is 12.3 Å². The zero-order chi connectivity index (χ0) is 12.1. The molecule has 1 heterocycles. The molecule has 0 unspecified atom stereocenters. The van der Waals surface area contributed by atoms with E-state index in [2.05, 4.69) is 4.98 Å². The second-order valence-corrected chi connectivity index (χ2v) is 3.42. The van der Waals surface area contributed by atoms with Crippen LogP contribution < -0.4 is 4.74 Å². The molecule has 0 spiro atoms. The molecule has 0 N–H and O–H groups in total. The van der Waals surface area contributed by atoms with Gasteiger partial charge in [-0.3, -0.25) is 10.1 Å². The van der Waals surface area contributed by atoms with Crippen molar-refractivity contribution in [1.82, 2.24) is 4.98 Å². The van der Waals surface area contributed by atoms with Gasteiger partial charge in [0.1, 0.15) is 6.10 Å². The van der Waals surface area contributed by atoms with Crippen LogP contribution in [0, 0.1) is 17.0 Å². The van der Waals surface area contributed by atoms with E-state index in [4.69, 9.17) is 9.47 Å². The summed E-state index contributed by atoms with van der Waals surface area (Å²) in [6.45, 7) is 3.86. The van der Waals surface area contributed by atoms with E-state index in [-0.39, 0.29) is 17.7 Å². The number of rotatable bonds is 5. The first-order chi connectivity index (χ1) is 7.54. The minimum atomic E-state index is -0.513. The van der Waals surface area contributed by atoms with Crippen LogP contribution in [0.4, 0.5) is 5.69 Å². The van der Waals surface area contributed by atoms with Crippen LogP contribution in [-0.2, 0) is 4.74 Å². The number of methoxy groups -OCH3 is 1. The van der Waals surface area contributed by atoms with Crippen molar-refractivity contribution in [1.29, 1.82) is 0 Å². The average molecular weight is 226 g/mol. The average Bonchev–Trinajstić information content (AvgIpc) is 2.17. The first-order valence-electron chi connectivity index (χ1n) is 4.82. The number of nitro groups is 1. The summed E-state index contributed by atoms with van der Waals surface area (Å²) < 4.78 is 10.2. The molecule has 0 fully saturated rings. The van der Waals surface area contributed by atoms with Gasteiger partial charge in [-0.05, 0) is 19.9 Å². The Morgan fingerprint density at radius 1 is 1.56 bits per heavy atom. The van der Waals surface area contributed by atoms with Crippen LogP contribution in [0.3, 0.4) is 0 Å². The van der Waals surface area contributed by atoms with Gasteiger partial charge in [0.05, 0.1) is 11.5 Å². The predicted octanol–water partition coefficient (Wildman–Crippen LogP) is 1.71. The Hall–Kier alpha value is -1.69. The number of aryl methyl sites for hydroxylation is 1. The van der Waals surface area contributed by atoms with Crippen molar-refractivity contribution in [2.75, 3.05) is 13.7 Å². The molecule has 0 aliphatic rings. The Morgan fingerprint density at radius 3 is 2.81 bits per heavy atom. The van der Waals surface area contributed by atoms with Crippen LogP contribution in [0.2, 0.25) is 0 Å². The quantitative estimate of drug-likeness (QED) is 0.564. The summed E-state index contributed by atoms with van der Waals surface area (Å²) in [6.07, 6.45) is -0.280. The fourth-order valence-corrected chi connectivity index (χ4v) is 1.21. The van der Waals surface area contributed by atoms with Gasteiger partial charge >= 0.3 is 5.69 Å². The number of hydrogen-bond acceptors (Lipinski definition) is 5. The van der Waals surface area contributed by atoms with E-state index >= 15 is 0 Å². The van der Waals surface area contributed by atoms with Gasteiger partial charge < -0.3 is 9.47 Å². The summed E-state index contributed by atoms with van der Waals surface area (Å²) in [5.41, 5.74) is 0.541. The number of nitrogens with zero attached hydrogens (tertiary/aromatic N) is 2. The molecule has 1 aromatic rings. The summed E-state index contributed by atoms with van der Waals surface area (Å²) >= 11 is 0. The van der Waals surface area contributed by atoms with Crippen LogP contribution in [0.5, 0.6) is 5.88 Å². The fraction of sp³-hybridized carbons (Fsp3) is 0.500. The number of pyridine rings is 1. The lowest BCUT2D eigenvalue weighted by Gasteiger charge is -2.12. The van der Waals surface area contributed by atoms with E-state index in [9.17, 15) is 10.1 Å². The molecule has 0 amide bonds. The molecular weight excluding hydrogens is 212 g/mol. The molecule has 1 aromatic heterocycles. The van der Waals surface area contributed by atoms with Crippen LogP contribution in [0.25, 0.3) is 0 Å². The summed E-state index contributed by atoms with van der Waals surface area (Å²) in [5, 5.41) is 10.7. The van der Waals surface area contributed by atoms with E-state index < -0.39 is 4.92 Å². The molecule has 6 heteroatoms. The molecule has 16 heavy (non-hydrogen) atoms. The van der Waals surface area contributed by atoms with Crippen molar-refractivity contribution in [2.24, 2.45) is 0 Å². The molecule has 0 bridgehead atoms. The van der Waals surface area contributed by atoms with Crippen molar-refractivity contribution in [3.8, 4) is 5.88 Å². The molecule has 0 radical (unpaired) electrons. The third-order valence-corrected chi connectivity index (χ3v) is 1.89. The maximum absolute atomic E-state index is 10.7. The second-order valence-electron chi connectivity index (χ2n) is 3.42. The zero-order valence-corrected chi connectivity index (χ0v) is 9.47. The van der Waals surface area contributed by atoms with E-state index in [1.54, 1.807) is 19.9 Å². The van der Waals surface area contributed by atoms with Gasteiger partial charge in [-0.25, -0.2) is 4.98 Å². The molecule has 0 saturated carbocycles. The van der Waals surface area contributed by atoms with Gasteiger partial charge in [0.25, 0.3) is 5.88 Å².